The van der Waals surface area contributed by atoms with Gasteiger partial charge in [-0.15, -0.1) is 0 Å². The van der Waals surface area contributed by atoms with Gasteiger partial charge in [-0.3, -0.25) is 14.3 Å². The van der Waals surface area contributed by atoms with Crippen molar-refractivity contribution < 1.29 is 5.11 Å². The molecular weight excluding hydrogens is 304 g/mol. The third-order valence-electron chi connectivity index (χ3n) is 3.43. The predicted molar refractivity (Wildman–Crippen MR) is 83.8 cm³/mol. The number of nitrogens with zero attached hydrogens (tertiary/aromatic N) is 4. The van der Waals surface area contributed by atoms with Gasteiger partial charge in [0.15, 0.2) is 0 Å². The van der Waals surface area contributed by atoms with Crippen LogP contribution in [0.5, 0.6) is 0 Å². The summed E-state index contributed by atoms with van der Waals surface area (Å²) in [6, 6.07) is 4.70. The van der Waals surface area contributed by atoms with Crippen LogP contribution in [-0.4, -0.2) is 31.2 Å². The molecular formula is C15H13ClN4O2. The molecule has 3 heterocycles. The molecule has 1 atom stereocenters. The van der Waals surface area contributed by atoms with E-state index in [1.807, 2.05) is 0 Å². The van der Waals surface area contributed by atoms with Crippen LogP contribution in [-0.2, 0) is 0 Å². The lowest BCUT2D eigenvalue weighted by molar-refractivity contribution is 0.236. The van der Waals surface area contributed by atoms with Gasteiger partial charge in [-0.05, 0) is 25.1 Å². The Kier molecular flexibility index (Phi) is 3.87. The van der Waals surface area contributed by atoms with Crippen LogP contribution in [0.15, 0.2) is 41.7 Å². The van der Waals surface area contributed by atoms with Gasteiger partial charge in [0.2, 0.25) is 0 Å². The second-order valence-corrected chi connectivity index (χ2v) is 5.30. The summed E-state index contributed by atoms with van der Waals surface area (Å²) in [6.45, 7) is 1.59. The Morgan fingerprint density at radius 2 is 2.09 bits per heavy atom. The van der Waals surface area contributed by atoms with Crippen LogP contribution in [0.2, 0.25) is 5.15 Å². The highest BCUT2D eigenvalue weighted by molar-refractivity contribution is 6.30. The van der Waals surface area contributed by atoms with E-state index in [-0.39, 0.29) is 23.4 Å². The number of halogens is 1. The van der Waals surface area contributed by atoms with Crippen LogP contribution in [0.3, 0.4) is 0 Å². The van der Waals surface area contributed by atoms with E-state index >= 15 is 0 Å². The predicted octanol–water partition coefficient (Wildman–Crippen LogP) is 2.06. The van der Waals surface area contributed by atoms with Crippen molar-refractivity contribution in [3.8, 4) is 11.3 Å². The Morgan fingerprint density at radius 3 is 2.77 bits per heavy atom. The molecule has 3 rings (SSSR count). The van der Waals surface area contributed by atoms with E-state index in [1.165, 1.54) is 17.0 Å². The standard InChI is InChI=1S/C15H13ClN4O2/c1-9(7-21)20-8-18-14-11(15(20)22)6-12(16)19-13(14)10-2-4-17-5-3-10/h2-6,8-9,21H,7H2,1H3/t9-/m0/s1. The number of aliphatic hydroxyl groups excluding tert-OH is 1. The molecule has 0 radical (unpaired) electrons. The molecule has 0 saturated carbocycles. The number of pyridine rings is 2. The van der Waals surface area contributed by atoms with Gasteiger partial charge < -0.3 is 5.11 Å². The lowest BCUT2D eigenvalue weighted by Gasteiger charge is -2.13. The lowest BCUT2D eigenvalue weighted by atomic mass is 10.1. The fourth-order valence-electron chi connectivity index (χ4n) is 2.23. The van der Waals surface area contributed by atoms with E-state index in [0.29, 0.717) is 16.6 Å². The average Bonchev–Trinajstić information content (AvgIpc) is 2.55. The second kappa shape index (κ2) is 5.82. The molecule has 0 spiro atoms. The van der Waals surface area contributed by atoms with E-state index in [1.54, 1.807) is 31.5 Å². The number of hydrogen-bond acceptors (Lipinski definition) is 5. The van der Waals surface area contributed by atoms with Crippen molar-refractivity contribution in [2.75, 3.05) is 6.61 Å². The summed E-state index contributed by atoms with van der Waals surface area (Å²) in [5, 5.41) is 9.82. The summed E-state index contributed by atoms with van der Waals surface area (Å²) in [7, 11) is 0. The molecule has 0 aliphatic rings. The van der Waals surface area contributed by atoms with Gasteiger partial charge in [0.25, 0.3) is 5.56 Å². The first kappa shape index (κ1) is 14.6. The van der Waals surface area contributed by atoms with Crippen molar-refractivity contribution in [3.63, 3.8) is 0 Å². The summed E-state index contributed by atoms with van der Waals surface area (Å²) < 4.78 is 1.38. The number of hydrogen-bond donors (Lipinski definition) is 1. The first-order chi connectivity index (χ1) is 10.6. The number of aromatic nitrogens is 4. The maximum Gasteiger partial charge on any atom is 0.261 e. The highest BCUT2D eigenvalue weighted by Gasteiger charge is 2.15. The Bertz CT molecular complexity index is 880. The van der Waals surface area contributed by atoms with Gasteiger partial charge >= 0.3 is 0 Å². The Labute approximate surface area is 131 Å². The SMILES string of the molecule is C[C@@H](CO)n1cnc2c(-c3ccncc3)nc(Cl)cc2c1=O. The Balaban J connectivity index is 2.33. The average molecular weight is 317 g/mol. The number of aliphatic hydroxyl groups is 1. The molecule has 3 aromatic heterocycles. The van der Waals surface area contributed by atoms with Gasteiger partial charge in [0.05, 0.1) is 30.1 Å². The van der Waals surface area contributed by atoms with Gasteiger partial charge in [-0.2, -0.15) is 0 Å². The molecule has 3 aromatic rings. The van der Waals surface area contributed by atoms with Gasteiger partial charge in [-0.25, -0.2) is 9.97 Å². The molecule has 0 bridgehead atoms. The highest BCUT2D eigenvalue weighted by Crippen LogP contribution is 2.25. The third-order valence-corrected chi connectivity index (χ3v) is 3.62. The van der Waals surface area contributed by atoms with Crippen molar-refractivity contribution in [1.82, 2.24) is 19.5 Å². The maximum atomic E-state index is 12.6. The molecule has 112 valence electrons. The third kappa shape index (κ3) is 2.47. The van der Waals surface area contributed by atoms with Crippen LogP contribution < -0.4 is 5.56 Å². The largest absolute Gasteiger partial charge is 0.394 e. The van der Waals surface area contributed by atoms with Crippen molar-refractivity contribution in [2.24, 2.45) is 0 Å². The van der Waals surface area contributed by atoms with Crippen molar-refractivity contribution >= 4 is 22.5 Å². The normalized spacial score (nSPS) is 12.5. The Hall–Kier alpha value is -2.31. The highest BCUT2D eigenvalue weighted by atomic mass is 35.5. The zero-order valence-electron chi connectivity index (χ0n) is 11.8. The van der Waals surface area contributed by atoms with Crippen LogP contribution >= 0.6 is 11.6 Å². The fraction of sp³-hybridized carbons (Fsp3) is 0.200. The molecule has 0 aliphatic heterocycles. The van der Waals surface area contributed by atoms with Gasteiger partial charge in [0.1, 0.15) is 10.7 Å². The summed E-state index contributed by atoms with van der Waals surface area (Å²) in [5.74, 6) is 0. The van der Waals surface area contributed by atoms with Gasteiger partial charge in [0, 0.05) is 18.0 Å². The summed E-state index contributed by atoms with van der Waals surface area (Å²) in [4.78, 5) is 25.2. The zero-order valence-corrected chi connectivity index (χ0v) is 12.5. The van der Waals surface area contributed by atoms with E-state index in [4.69, 9.17) is 11.6 Å². The number of rotatable bonds is 3. The monoisotopic (exact) mass is 316 g/mol. The van der Waals surface area contributed by atoms with Crippen molar-refractivity contribution in [1.29, 1.82) is 0 Å². The maximum absolute atomic E-state index is 12.6. The van der Waals surface area contributed by atoms with E-state index in [9.17, 15) is 9.90 Å². The summed E-state index contributed by atoms with van der Waals surface area (Å²) >= 11 is 6.06. The molecule has 0 unspecified atom stereocenters. The molecule has 0 aromatic carbocycles. The quantitative estimate of drug-likeness (QED) is 0.748. The van der Waals surface area contributed by atoms with Gasteiger partial charge in [-0.1, -0.05) is 11.6 Å². The van der Waals surface area contributed by atoms with Crippen LogP contribution in [0.25, 0.3) is 22.2 Å². The molecule has 0 amide bonds. The lowest BCUT2D eigenvalue weighted by Crippen LogP contribution is -2.25. The minimum absolute atomic E-state index is 0.150. The first-order valence-corrected chi connectivity index (χ1v) is 7.08. The summed E-state index contributed by atoms with van der Waals surface area (Å²) in [6.07, 6.45) is 4.70. The zero-order chi connectivity index (χ0) is 15.7. The minimum atomic E-state index is -0.360. The van der Waals surface area contributed by atoms with Crippen LogP contribution in [0, 0.1) is 0 Å². The van der Waals surface area contributed by atoms with Crippen LogP contribution in [0.4, 0.5) is 0 Å². The summed E-state index contributed by atoms with van der Waals surface area (Å²) in [5.41, 5.74) is 1.53. The molecule has 6 nitrogen and oxygen atoms in total. The first-order valence-electron chi connectivity index (χ1n) is 6.70. The molecule has 0 aliphatic carbocycles. The second-order valence-electron chi connectivity index (χ2n) is 4.91. The topological polar surface area (TPSA) is 80.9 Å². The molecule has 7 heteroatoms. The van der Waals surface area contributed by atoms with Crippen molar-refractivity contribution in [3.05, 3.63) is 52.4 Å². The molecule has 0 saturated heterocycles. The van der Waals surface area contributed by atoms with Crippen LogP contribution in [0.1, 0.15) is 13.0 Å². The molecule has 22 heavy (non-hydrogen) atoms. The molecule has 1 N–H and O–H groups in total. The fourth-order valence-corrected chi connectivity index (χ4v) is 2.42. The van der Waals surface area contributed by atoms with E-state index < -0.39 is 0 Å². The molecule has 0 fully saturated rings. The Morgan fingerprint density at radius 1 is 1.36 bits per heavy atom. The minimum Gasteiger partial charge on any atom is -0.394 e. The van der Waals surface area contributed by atoms with E-state index in [2.05, 4.69) is 15.0 Å². The number of fused-ring (bicyclic) bond motifs is 1. The smallest absolute Gasteiger partial charge is 0.261 e. The van der Waals surface area contributed by atoms with E-state index in [0.717, 1.165) is 5.56 Å². The van der Waals surface area contributed by atoms with Crippen molar-refractivity contribution in [2.45, 2.75) is 13.0 Å².